The molecule has 0 heterocycles. The van der Waals surface area contributed by atoms with Crippen LogP contribution in [0.25, 0.3) is 0 Å². The Balaban J connectivity index is 2.96. The van der Waals surface area contributed by atoms with Crippen molar-refractivity contribution in [3.05, 3.63) is 35.4 Å². The highest BCUT2D eigenvalue weighted by Gasteiger charge is 2.10. The maximum Gasteiger partial charge on any atom is 0.190 e. The van der Waals surface area contributed by atoms with Crippen LogP contribution in [0.4, 0.5) is 0 Å². The van der Waals surface area contributed by atoms with E-state index in [-0.39, 0.29) is 5.78 Å². The smallest absolute Gasteiger partial charge is 0.190 e. The third-order valence-electron chi connectivity index (χ3n) is 1.68. The third-order valence-corrected chi connectivity index (χ3v) is 1.68. The minimum Gasteiger partial charge on any atom is -0.385 e. The number of carbonyl (C=O) groups is 1. The summed E-state index contributed by atoms with van der Waals surface area (Å²) in [6.45, 7) is 3.39. The van der Waals surface area contributed by atoms with Crippen LogP contribution in [0.5, 0.6) is 0 Å². The molecule has 0 radical (unpaired) electrons. The summed E-state index contributed by atoms with van der Waals surface area (Å²) in [7, 11) is 0. The quantitative estimate of drug-likeness (QED) is 0.673. The molecule has 0 fully saturated rings. The number of aliphatic hydroxyl groups excluding tert-OH is 1. The zero-order valence-corrected chi connectivity index (χ0v) is 7.24. The van der Waals surface area contributed by atoms with Gasteiger partial charge in [-0.15, -0.1) is 0 Å². The lowest BCUT2D eigenvalue weighted by molar-refractivity contribution is 0.0779. The number of ketones is 1. The number of hydrogen-bond acceptors (Lipinski definition) is 2. The van der Waals surface area contributed by atoms with Crippen LogP contribution < -0.4 is 0 Å². The minimum atomic E-state index is -0.910. The molecule has 0 spiro atoms. The van der Waals surface area contributed by atoms with Gasteiger partial charge in [-0.1, -0.05) is 23.8 Å². The molecular weight excluding hydrogens is 152 g/mol. The third kappa shape index (κ3) is 1.92. The summed E-state index contributed by atoms with van der Waals surface area (Å²) in [5.41, 5.74) is 1.60. The van der Waals surface area contributed by atoms with E-state index in [4.69, 9.17) is 5.11 Å². The molecule has 1 rings (SSSR count). The van der Waals surface area contributed by atoms with Gasteiger partial charge in [-0.05, 0) is 19.9 Å². The Kier molecular flexibility index (Phi) is 2.61. The van der Waals surface area contributed by atoms with E-state index in [1.54, 1.807) is 12.1 Å². The molecule has 1 aromatic rings. The van der Waals surface area contributed by atoms with E-state index in [2.05, 4.69) is 0 Å². The van der Waals surface area contributed by atoms with Gasteiger partial charge in [0.05, 0.1) is 0 Å². The summed E-state index contributed by atoms with van der Waals surface area (Å²) in [6, 6.07) is 7.21. The van der Waals surface area contributed by atoms with Crippen molar-refractivity contribution in [1.29, 1.82) is 0 Å². The molecular formula is C10H12O2. The van der Waals surface area contributed by atoms with Crippen LogP contribution in [0.15, 0.2) is 24.3 Å². The summed E-state index contributed by atoms with van der Waals surface area (Å²) < 4.78 is 0. The van der Waals surface area contributed by atoms with Gasteiger partial charge in [0.15, 0.2) is 5.78 Å². The lowest BCUT2D eigenvalue weighted by Gasteiger charge is -2.03. The predicted molar refractivity (Wildman–Crippen MR) is 47.2 cm³/mol. The van der Waals surface area contributed by atoms with E-state index in [9.17, 15) is 4.79 Å². The van der Waals surface area contributed by atoms with Crippen LogP contribution in [0.3, 0.4) is 0 Å². The Labute approximate surface area is 71.8 Å². The number of aliphatic hydroxyl groups is 1. The molecule has 2 nitrogen and oxygen atoms in total. The maximum absolute atomic E-state index is 11.2. The first-order valence-electron chi connectivity index (χ1n) is 3.90. The molecule has 1 aromatic carbocycles. The number of benzene rings is 1. The molecule has 0 aliphatic heterocycles. The highest BCUT2D eigenvalue weighted by molar-refractivity contribution is 5.99. The molecule has 1 N–H and O–H groups in total. The first-order chi connectivity index (χ1) is 5.61. The zero-order chi connectivity index (χ0) is 9.14. The second-order valence-corrected chi connectivity index (χ2v) is 2.91. The van der Waals surface area contributed by atoms with Crippen molar-refractivity contribution >= 4 is 5.78 Å². The van der Waals surface area contributed by atoms with Gasteiger partial charge in [0.25, 0.3) is 0 Å². The summed E-state index contributed by atoms with van der Waals surface area (Å²) in [5.74, 6) is -0.223. The van der Waals surface area contributed by atoms with Gasteiger partial charge in [0.1, 0.15) is 6.10 Å². The largest absolute Gasteiger partial charge is 0.385 e. The summed E-state index contributed by atoms with van der Waals surface area (Å²) in [6.07, 6.45) is -0.910. The molecule has 0 amide bonds. The van der Waals surface area contributed by atoms with E-state index in [1.165, 1.54) is 6.92 Å². The fraction of sp³-hybridized carbons (Fsp3) is 0.300. The van der Waals surface area contributed by atoms with Gasteiger partial charge in [0.2, 0.25) is 0 Å². The normalized spacial score (nSPS) is 12.6. The molecule has 1 atom stereocenters. The van der Waals surface area contributed by atoms with Crippen LogP contribution in [-0.4, -0.2) is 17.0 Å². The molecule has 2 heteroatoms. The second-order valence-electron chi connectivity index (χ2n) is 2.91. The number of Topliss-reactive ketones (excluding diaryl/α,β-unsaturated/α-hetero) is 1. The monoisotopic (exact) mass is 164 g/mol. The maximum atomic E-state index is 11.2. The van der Waals surface area contributed by atoms with E-state index in [0.717, 1.165) is 5.56 Å². The average Bonchev–Trinajstić information content (AvgIpc) is 2.03. The Morgan fingerprint density at radius 3 is 2.67 bits per heavy atom. The number of rotatable bonds is 2. The van der Waals surface area contributed by atoms with Gasteiger partial charge < -0.3 is 5.11 Å². The molecule has 0 aliphatic carbocycles. The SMILES string of the molecule is Cc1cccc(C(=O)[C@H](C)O)c1. The minimum absolute atomic E-state index is 0.223. The van der Waals surface area contributed by atoms with Gasteiger partial charge in [-0.25, -0.2) is 0 Å². The summed E-state index contributed by atoms with van der Waals surface area (Å²) >= 11 is 0. The highest BCUT2D eigenvalue weighted by Crippen LogP contribution is 2.06. The van der Waals surface area contributed by atoms with Gasteiger partial charge in [-0.2, -0.15) is 0 Å². The van der Waals surface area contributed by atoms with E-state index >= 15 is 0 Å². The second kappa shape index (κ2) is 3.50. The van der Waals surface area contributed by atoms with Crippen LogP contribution in [0, 0.1) is 6.92 Å². The Hall–Kier alpha value is -1.15. The fourth-order valence-corrected chi connectivity index (χ4v) is 1.04. The van der Waals surface area contributed by atoms with Crippen molar-refractivity contribution in [2.45, 2.75) is 20.0 Å². The Morgan fingerprint density at radius 2 is 2.17 bits per heavy atom. The molecule has 12 heavy (non-hydrogen) atoms. The highest BCUT2D eigenvalue weighted by atomic mass is 16.3. The zero-order valence-electron chi connectivity index (χ0n) is 7.24. The first kappa shape index (κ1) is 8.94. The average molecular weight is 164 g/mol. The van der Waals surface area contributed by atoms with Crippen LogP contribution in [0.2, 0.25) is 0 Å². The van der Waals surface area contributed by atoms with Gasteiger partial charge in [-0.3, -0.25) is 4.79 Å². The van der Waals surface area contributed by atoms with Crippen LogP contribution in [-0.2, 0) is 0 Å². The number of carbonyl (C=O) groups excluding carboxylic acids is 1. The van der Waals surface area contributed by atoms with E-state index < -0.39 is 6.10 Å². The van der Waals surface area contributed by atoms with Crippen LogP contribution >= 0.6 is 0 Å². The molecule has 64 valence electrons. The summed E-state index contributed by atoms with van der Waals surface area (Å²) in [4.78, 5) is 11.2. The van der Waals surface area contributed by atoms with Crippen molar-refractivity contribution < 1.29 is 9.90 Å². The molecule has 0 unspecified atom stereocenters. The van der Waals surface area contributed by atoms with Crippen LogP contribution in [0.1, 0.15) is 22.8 Å². The molecule has 0 saturated heterocycles. The van der Waals surface area contributed by atoms with Crippen molar-refractivity contribution in [2.75, 3.05) is 0 Å². The molecule has 0 saturated carbocycles. The lowest BCUT2D eigenvalue weighted by atomic mass is 10.1. The standard InChI is InChI=1S/C10H12O2/c1-7-4-3-5-9(6-7)10(12)8(2)11/h3-6,8,11H,1-2H3/t8-/m0/s1. The molecule has 0 aliphatic rings. The van der Waals surface area contributed by atoms with E-state index in [0.29, 0.717) is 5.56 Å². The lowest BCUT2D eigenvalue weighted by Crippen LogP contribution is -2.15. The molecule has 0 aromatic heterocycles. The van der Waals surface area contributed by atoms with Crippen molar-refractivity contribution in [3.8, 4) is 0 Å². The predicted octanol–water partition coefficient (Wildman–Crippen LogP) is 1.56. The molecule has 0 bridgehead atoms. The first-order valence-corrected chi connectivity index (χ1v) is 3.90. The Bertz CT molecular complexity index is 290. The van der Waals surface area contributed by atoms with Gasteiger partial charge >= 0.3 is 0 Å². The summed E-state index contributed by atoms with van der Waals surface area (Å²) in [5, 5.41) is 9.02. The fourth-order valence-electron chi connectivity index (χ4n) is 1.04. The number of hydrogen-bond donors (Lipinski definition) is 1. The van der Waals surface area contributed by atoms with E-state index in [1.807, 2.05) is 19.1 Å². The topological polar surface area (TPSA) is 37.3 Å². The Morgan fingerprint density at radius 1 is 1.50 bits per heavy atom. The van der Waals surface area contributed by atoms with Crippen molar-refractivity contribution in [3.63, 3.8) is 0 Å². The van der Waals surface area contributed by atoms with Crippen molar-refractivity contribution in [1.82, 2.24) is 0 Å². The van der Waals surface area contributed by atoms with Gasteiger partial charge in [0, 0.05) is 5.56 Å². The van der Waals surface area contributed by atoms with Crippen molar-refractivity contribution in [2.24, 2.45) is 0 Å². The number of aryl methyl sites for hydroxylation is 1.